The Hall–Kier alpha value is -2.55. The summed E-state index contributed by atoms with van der Waals surface area (Å²) in [5.41, 5.74) is 11.0. The van der Waals surface area contributed by atoms with Gasteiger partial charge in [-0.15, -0.1) is 0 Å². The highest BCUT2D eigenvalue weighted by atomic mass is 14.9. The second-order valence-electron chi connectivity index (χ2n) is 4.55. The van der Waals surface area contributed by atoms with Crippen molar-refractivity contribution in [3.63, 3.8) is 0 Å². The number of rotatable bonds is 2. The van der Waals surface area contributed by atoms with Crippen LogP contribution in [0.2, 0.25) is 0 Å². The van der Waals surface area contributed by atoms with Crippen molar-refractivity contribution in [3.8, 4) is 22.6 Å². The Morgan fingerprint density at radius 2 is 1.79 bits per heavy atom. The Labute approximate surface area is 112 Å². The number of imidazole rings is 1. The third-order valence-corrected chi connectivity index (χ3v) is 3.24. The van der Waals surface area contributed by atoms with Crippen molar-refractivity contribution in [1.29, 1.82) is 0 Å². The molecular weight excluding hydrogens is 234 g/mol. The molecule has 0 atom stereocenters. The topological polar surface area (TPSA) is 54.7 Å². The molecular formula is C16H15N3. The van der Waals surface area contributed by atoms with Crippen molar-refractivity contribution in [2.45, 2.75) is 6.92 Å². The fourth-order valence-corrected chi connectivity index (χ4v) is 2.11. The average molecular weight is 249 g/mol. The smallest absolute Gasteiger partial charge is 0.139 e. The van der Waals surface area contributed by atoms with E-state index < -0.39 is 0 Å². The van der Waals surface area contributed by atoms with Crippen molar-refractivity contribution in [2.75, 3.05) is 5.73 Å². The summed E-state index contributed by atoms with van der Waals surface area (Å²) in [5, 5.41) is 0. The van der Waals surface area contributed by atoms with Crippen molar-refractivity contribution >= 4 is 5.69 Å². The van der Waals surface area contributed by atoms with E-state index in [-0.39, 0.29) is 0 Å². The summed E-state index contributed by atoms with van der Waals surface area (Å²) in [6.45, 7) is 2.00. The minimum Gasteiger partial charge on any atom is -0.398 e. The summed E-state index contributed by atoms with van der Waals surface area (Å²) in [5.74, 6) is 0.806. The average Bonchev–Trinajstić information content (AvgIpc) is 2.92. The number of nitrogens with two attached hydrogens (primary N) is 1. The van der Waals surface area contributed by atoms with E-state index in [4.69, 9.17) is 5.73 Å². The largest absolute Gasteiger partial charge is 0.398 e. The minimum absolute atomic E-state index is 0.775. The molecule has 0 unspecified atom stereocenters. The molecule has 94 valence electrons. The maximum atomic E-state index is 6.10. The highest BCUT2D eigenvalue weighted by molar-refractivity contribution is 5.75. The molecule has 0 aliphatic rings. The Balaban J connectivity index is 2.05. The summed E-state index contributed by atoms with van der Waals surface area (Å²) >= 11 is 0. The van der Waals surface area contributed by atoms with Gasteiger partial charge in [-0.3, -0.25) is 0 Å². The molecule has 0 bridgehead atoms. The van der Waals surface area contributed by atoms with E-state index in [2.05, 4.69) is 22.1 Å². The van der Waals surface area contributed by atoms with Crippen LogP contribution in [0.5, 0.6) is 0 Å². The summed E-state index contributed by atoms with van der Waals surface area (Å²) in [6.07, 6.45) is 1.84. The van der Waals surface area contributed by atoms with E-state index in [1.54, 1.807) is 0 Å². The van der Waals surface area contributed by atoms with Crippen LogP contribution in [0.25, 0.3) is 22.6 Å². The number of anilines is 1. The molecule has 0 amide bonds. The maximum Gasteiger partial charge on any atom is 0.139 e. The van der Waals surface area contributed by atoms with E-state index in [1.165, 1.54) is 0 Å². The van der Waals surface area contributed by atoms with Crippen molar-refractivity contribution in [1.82, 2.24) is 9.97 Å². The molecule has 0 fully saturated rings. The lowest BCUT2D eigenvalue weighted by Crippen LogP contribution is -1.94. The molecule has 0 aliphatic carbocycles. The molecule has 1 heterocycles. The number of benzene rings is 2. The number of aromatic amines is 1. The number of H-pyrrole nitrogens is 1. The number of para-hydroxylation sites is 1. The van der Waals surface area contributed by atoms with Gasteiger partial charge in [0.1, 0.15) is 5.82 Å². The SMILES string of the molecule is Cc1cccc(-c2ncc(-c3ccccc3)[nH]2)c1N. The third-order valence-electron chi connectivity index (χ3n) is 3.24. The fourth-order valence-electron chi connectivity index (χ4n) is 2.11. The molecule has 19 heavy (non-hydrogen) atoms. The van der Waals surface area contributed by atoms with E-state index in [0.717, 1.165) is 33.9 Å². The van der Waals surface area contributed by atoms with Gasteiger partial charge in [-0.05, 0) is 24.1 Å². The molecule has 1 aromatic heterocycles. The van der Waals surface area contributed by atoms with Crippen LogP contribution in [-0.2, 0) is 0 Å². The Morgan fingerprint density at radius 3 is 2.58 bits per heavy atom. The number of nitrogens with zero attached hydrogens (tertiary/aromatic N) is 1. The Kier molecular flexibility index (Phi) is 2.80. The normalized spacial score (nSPS) is 10.6. The summed E-state index contributed by atoms with van der Waals surface area (Å²) < 4.78 is 0. The van der Waals surface area contributed by atoms with E-state index in [0.29, 0.717) is 0 Å². The van der Waals surface area contributed by atoms with E-state index >= 15 is 0 Å². The number of nitrogens with one attached hydrogen (secondary N) is 1. The van der Waals surface area contributed by atoms with Crippen molar-refractivity contribution in [2.24, 2.45) is 0 Å². The van der Waals surface area contributed by atoms with Crippen LogP contribution < -0.4 is 5.73 Å². The van der Waals surface area contributed by atoms with Gasteiger partial charge in [0.25, 0.3) is 0 Å². The van der Waals surface area contributed by atoms with Gasteiger partial charge in [-0.25, -0.2) is 4.98 Å². The molecule has 0 spiro atoms. The zero-order valence-corrected chi connectivity index (χ0v) is 10.7. The standard InChI is InChI=1S/C16H15N3/c1-11-6-5-9-13(15(11)17)16-18-10-14(19-16)12-7-3-2-4-8-12/h2-10H,17H2,1H3,(H,18,19). The van der Waals surface area contributed by atoms with Crippen LogP contribution in [0.4, 0.5) is 5.69 Å². The highest BCUT2D eigenvalue weighted by Gasteiger charge is 2.09. The van der Waals surface area contributed by atoms with Crippen LogP contribution >= 0.6 is 0 Å². The molecule has 0 saturated heterocycles. The molecule has 3 nitrogen and oxygen atoms in total. The van der Waals surface area contributed by atoms with Gasteiger partial charge in [-0.2, -0.15) is 0 Å². The lowest BCUT2D eigenvalue weighted by molar-refractivity contribution is 1.30. The predicted octanol–water partition coefficient (Wildman–Crippen LogP) is 3.63. The molecule has 0 radical (unpaired) electrons. The van der Waals surface area contributed by atoms with E-state index in [1.807, 2.05) is 49.5 Å². The summed E-state index contributed by atoms with van der Waals surface area (Å²) in [7, 11) is 0. The number of aromatic nitrogens is 2. The molecule has 3 heteroatoms. The quantitative estimate of drug-likeness (QED) is 0.681. The zero-order chi connectivity index (χ0) is 13.2. The van der Waals surface area contributed by atoms with E-state index in [9.17, 15) is 0 Å². The lowest BCUT2D eigenvalue weighted by Gasteiger charge is -2.05. The molecule has 0 aliphatic heterocycles. The molecule has 0 saturated carbocycles. The summed E-state index contributed by atoms with van der Waals surface area (Å²) in [6, 6.07) is 16.1. The second-order valence-corrected chi connectivity index (χ2v) is 4.55. The van der Waals surface area contributed by atoms with Crippen LogP contribution in [0, 0.1) is 6.92 Å². The first-order chi connectivity index (χ1) is 9.25. The highest BCUT2D eigenvalue weighted by Crippen LogP contribution is 2.27. The Morgan fingerprint density at radius 1 is 1.00 bits per heavy atom. The van der Waals surface area contributed by atoms with Gasteiger partial charge in [0.15, 0.2) is 0 Å². The van der Waals surface area contributed by atoms with Crippen LogP contribution in [0.15, 0.2) is 54.7 Å². The van der Waals surface area contributed by atoms with Gasteiger partial charge in [0, 0.05) is 11.3 Å². The summed E-state index contributed by atoms with van der Waals surface area (Å²) in [4.78, 5) is 7.75. The maximum absolute atomic E-state index is 6.10. The fraction of sp³-hybridized carbons (Fsp3) is 0.0625. The number of hydrogen-bond acceptors (Lipinski definition) is 2. The van der Waals surface area contributed by atoms with Crippen molar-refractivity contribution in [3.05, 3.63) is 60.3 Å². The number of hydrogen-bond donors (Lipinski definition) is 2. The second kappa shape index (κ2) is 4.61. The van der Waals surface area contributed by atoms with Gasteiger partial charge in [0.2, 0.25) is 0 Å². The van der Waals surface area contributed by atoms with Gasteiger partial charge < -0.3 is 10.7 Å². The first-order valence-electron chi connectivity index (χ1n) is 6.21. The third kappa shape index (κ3) is 2.10. The monoisotopic (exact) mass is 249 g/mol. The number of aryl methyl sites for hydroxylation is 1. The van der Waals surface area contributed by atoms with Crippen molar-refractivity contribution < 1.29 is 0 Å². The Bertz CT molecular complexity index is 699. The predicted molar refractivity (Wildman–Crippen MR) is 78.6 cm³/mol. The van der Waals surface area contributed by atoms with Gasteiger partial charge in [-0.1, -0.05) is 42.5 Å². The molecule has 3 aromatic rings. The molecule has 3 N–H and O–H groups in total. The first kappa shape index (κ1) is 11.5. The van der Waals surface area contributed by atoms with Crippen LogP contribution in [-0.4, -0.2) is 9.97 Å². The first-order valence-corrected chi connectivity index (χ1v) is 6.21. The van der Waals surface area contributed by atoms with Crippen LogP contribution in [0.3, 0.4) is 0 Å². The molecule has 2 aromatic carbocycles. The minimum atomic E-state index is 0.775. The molecule has 3 rings (SSSR count). The number of nitrogen functional groups attached to an aromatic ring is 1. The van der Waals surface area contributed by atoms with Gasteiger partial charge >= 0.3 is 0 Å². The van der Waals surface area contributed by atoms with Gasteiger partial charge in [0.05, 0.1) is 11.9 Å². The van der Waals surface area contributed by atoms with Crippen LogP contribution in [0.1, 0.15) is 5.56 Å². The zero-order valence-electron chi connectivity index (χ0n) is 10.7. The lowest BCUT2D eigenvalue weighted by atomic mass is 10.1.